The number of hydrogen-bond acceptors (Lipinski definition) is 5. The molecule has 2 aliphatic rings. The Labute approximate surface area is 131 Å². The predicted octanol–water partition coefficient (Wildman–Crippen LogP) is 2.62. The number of aromatic nitrogens is 2. The molecule has 0 aromatic carbocycles. The molecule has 1 aliphatic carbocycles. The largest absolute Gasteiger partial charge is 0.315 e. The molecule has 1 aliphatic heterocycles. The van der Waals surface area contributed by atoms with Crippen LogP contribution in [0.1, 0.15) is 37.1 Å². The van der Waals surface area contributed by atoms with Crippen molar-refractivity contribution in [3.05, 3.63) is 5.01 Å². The average Bonchev–Trinajstić information content (AvgIpc) is 3.04. The molecular weight excluding hydrogens is 322 g/mol. The van der Waals surface area contributed by atoms with Crippen molar-refractivity contribution < 1.29 is 13.6 Å². The molecule has 0 radical (unpaired) electrons. The molecule has 1 saturated heterocycles. The highest BCUT2D eigenvalue weighted by Crippen LogP contribution is 2.44. The zero-order valence-corrected chi connectivity index (χ0v) is 12.9. The van der Waals surface area contributed by atoms with Gasteiger partial charge in [0.05, 0.1) is 5.41 Å². The Morgan fingerprint density at radius 1 is 1.43 bits per heavy atom. The zero-order valence-electron chi connectivity index (χ0n) is 11.3. The maximum atomic E-state index is 12.6. The molecule has 1 saturated carbocycles. The Morgan fingerprint density at radius 2 is 2.24 bits per heavy atom. The summed E-state index contributed by atoms with van der Waals surface area (Å²) in [4.78, 5) is 12.6. The Balaban J connectivity index is 0.00000161. The molecule has 1 aromatic rings. The topological polar surface area (TPSA) is 66.9 Å². The normalized spacial score (nSPS) is 28.0. The van der Waals surface area contributed by atoms with E-state index in [4.69, 9.17) is 0 Å². The van der Waals surface area contributed by atoms with Crippen LogP contribution < -0.4 is 10.6 Å². The zero-order chi connectivity index (χ0) is 14.2. The fourth-order valence-electron chi connectivity index (χ4n) is 3.29. The van der Waals surface area contributed by atoms with E-state index in [0.717, 1.165) is 43.6 Å². The minimum Gasteiger partial charge on any atom is -0.315 e. The third-order valence-corrected chi connectivity index (χ3v) is 5.18. The number of fused-ring (bicyclic) bond motifs is 1. The van der Waals surface area contributed by atoms with Crippen LogP contribution in [0.5, 0.6) is 0 Å². The monoisotopic (exact) mass is 338 g/mol. The summed E-state index contributed by atoms with van der Waals surface area (Å²) < 4.78 is 24.9. The fraction of sp³-hybridized carbons (Fsp3) is 0.750. The van der Waals surface area contributed by atoms with Crippen molar-refractivity contribution in [3.8, 4) is 0 Å². The van der Waals surface area contributed by atoms with Crippen molar-refractivity contribution in [1.82, 2.24) is 15.5 Å². The third-order valence-electron chi connectivity index (χ3n) is 4.34. The van der Waals surface area contributed by atoms with E-state index in [1.165, 1.54) is 0 Å². The highest BCUT2D eigenvalue weighted by atomic mass is 35.5. The second-order valence-electron chi connectivity index (χ2n) is 5.43. The van der Waals surface area contributed by atoms with Crippen molar-refractivity contribution in [3.63, 3.8) is 0 Å². The van der Waals surface area contributed by atoms with E-state index in [0.29, 0.717) is 12.5 Å². The molecule has 0 unspecified atom stereocenters. The van der Waals surface area contributed by atoms with E-state index >= 15 is 0 Å². The summed E-state index contributed by atoms with van der Waals surface area (Å²) in [5.74, 6) is 0.225. The summed E-state index contributed by atoms with van der Waals surface area (Å²) in [6.45, 7) is 1.51. The minimum atomic E-state index is -2.65. The van der Waals surface area contributed by atoms with Gasteiger partial charge >= 0.3 is 0 Å². The third kappa shape index (κ3) is 3.02. The molecule has 1 amide bonds. The lowest BCUT2D eigenvalue weighted by Gasteiger charge is -2.36. The van der Waals surface area contributed by atoms with Gasteiger partial charge in [0.2, 0.25) is 11.0 Å². The molecule has 2 N–H and O–H groups in total. The molecule has 1 aromatic heterocycles. The van der Waals surface area contributed by atoms with E-state index in [1.807, 2.05) is 0 Å². The van der Waals surface area contributed by atoms with E-state index in [1.54, 1.807) is 0 Å². The van der Waals surface area contributed by atoms with Gasteiger partial charge < -0.3 is 5.32 Å². The van der Waals surface area contributed by atoms with Crippen LogP contribution in [0, 0.1) is 11.3 Å². The number of nitrogens with zero attached hydrogens (tertiary/aromatic N) is 2. The first-order valence-electron chi connectivity index (χ1n) is 6.75. The first-order valence-corrected chi connectivity index (χ1v) is 7.57. The maximum absolute atomic E-state index is 12.6. The van der Waals surface area contributed by atoms with Crippen LogP contribution in [0.4, 0.5) is 13.9 Å². The van der Waals surface area contributed by atoms with Gasteiger partial charge in [-0.05, 0) is 25.3 Å². The van der Waals surface area contributed by atoms with Crippen molar-refractivity contribution in [1.29, 1.82) is 0 Å². The lowest BCUT2D eigenvalue weighted by molar-refractivity contribution is -0.128. The van der Waals surface area contributed by atoms with Crippen LogP contribution >= 0.6 is 23.7 Å². The summed E-state index contributed by atoms with van der Waals surface area (Å²) in [5.41, 5.74) is -0.408. The van der Waals surface area contributed by atoms with E-state index in [2.05, 4.69) is 20.8 Å². The Hall–Kier alpha value is -0.860. The van der Waals surface area contributed by atoms with Gasteiger partial charge in [0.15, 0.2) is 5.01 Å². The first-order chi connectivity index (χ1) is 9.62. The lowest BCUT2D eigenvalue weighted by atomic mass is 9.68. The SMILES string of the molecule is Cl.O=C(Nc1nnc(C(F)F)s1)[C@@]12CCCC[C@H]1CNC2. The quantitative estimate of drug-likeness (QED) is 0.889. The first kappa shape index (κ1) is 16.5. The van der Waals surface area contributed by atoms with Gasteiger partial charge in [-0.25, -0.2) is 8.78 Å². The second-order valence-corrected chi connectivity index (χ2v) is 6.44. The standard InChI is InChI=1S/C12H16F2N4OS.ClH/c13-8(14)9-17-18-11(20-9)16-10(19)12-4-2-1-3-7(12)5-15-6-12;/h7-8,15H,1-6H2,(H,16,18,19);1H/t7-,12+;/m0./s1. The summed E-state index contributed by atoms with van der Waals surface area (Å²) in [5, 5.41) is 12.8. The van der Waals surface area contributed by atoms with E-state index in [-0.39, 0.29) is 28.5 Å². The molecule has 2 fully saturated rings. The number of alkyl halides is 2. The highest BCUT2D eigenvalue weighted by Gasteiger charge is 2.50. The van der Waals surface area contributed by atoms with Crippen molar-refractivity contribution in [2.45, 2.75) is 32.1 Å². The van der Waals surface area contributed by atoms with Gasteiger partial charge in [0.25, 0.3) is 6.43 Å². The molecule has 2 heterocycles. The van der Waals surface area contributed by atoms with E-state index in [9.17, 15) is 13.6 Å². The van der Waals surface area contributed by atoms with Crippen molar-refractivity contribution in [2.75, 3.05) is 18.4 Å². The molecular formula is C12H17ClF2N4OS. The number of halogens is 3. The Morgan fingerprint density at radius 3 is 2.95 bits per heavy atom. The maximum Gasteiger partial charge on any atom is 0.291 e. The number of hydrogen-bond donors (Lipinski definition) is 2. The van der Waals surface area contributed by atoms with Crippen molar-refractivity contribution in [2.24, 2.45) is 11.3 Å². The van der Waals surface area contributed by atoms with Crippen molar-refractivity contribution >= 4 is 34.8 Å². The van der Waals surface area contributed by atoms with Gasteiger partial charge in [-0.3, -0.25) is 10.1 Å². The summed E-state index contributed by atoms with van der Waals surface area (Å²) in [6, 6.07) is 0. The number of carbonyl (C=O) groups is 1. The Bertz CT molecular complexity index is 515. The van der Waals surface area contributed by atoms with Crippen LogP contribution in [0.25, 0.3) is 0 Å². The predicted molar refractivity (Wildman–Crippen MR) is 78.0 cm³/mol. The molecule has 2 atom stereocenters. The van der Waals surface area contributed by atoms with Crippen LogP contribution in [-0.4, -0.2) is 29.2 Å². The van der Waals surface area contributed by atoms with Gasteiger partial charge in [0.1, 0.15) is 0 Å². The molecule has 118 valence electrons. The van der Waals surface area contributed by atoms with Gasteiger partial charge in [0, 0.05) is 6.54 Å². The molecule has 0 spiro atoms. The summed E-state index contributed by atoms with van der Waals surface area (Å²) in [6.07, 6.45) is 1.42. The van der Waals surface area contributed by atoms with Gasteiger partial charge in [-0.2, -0.15) is 0 Å². The number of amides is 1. The average molecular weight is 339 g/mol. The summed E-state index contributed by atoms with van der Waals surface area (Å²) >= 11 is 0.740. The highest BCUT2D eigenvalue weighted by molar-refractivity contribution is 7.15. The minimum absolute atomic E-state index is 0. The molecule has 9 heteroatoms. The summed E-state index contributed by atoms with van der Waals surface area (Å²) in [7, 11) is 0. The number of anilines is 1. The Kier molecular flexibility index (Phi) is 5.11. The van der Waals surface area contributed by atoms with Crippen LogP contribution in [-0.2, 0) is 4.79 Å². The molecule has 3 rings (SSSR count). The second kappa shape index (κ2) is 6.50. The van der Waals surface area contributed by atoms with Crippen LogP contribution in [0.3, 0.4) is 0 Å². The van der Waals surface area contributed by atoms with Gasteiger partial charge in [-0.1, -0.05) is 24.2 Å². The van der Waals surface area contributed by atoms with Crippen LogP contribution in [0.15, 0.2) is 0 Å². The fourth-order valence-corrected chi connectivity index (χ4v) is 3.88. The smallest absolute Gasteiger partial charge is 0.291 e. The molecule has 21 heavy (non-hydrogen) atoms. The lowest BCUT2D eigenvalue weighted by Crippen LogP contribution is -2.44. The molecule has 5 nitrogen and oxygen atoms in total. The van der Waals surface area contributed by atoms with Gasteiger partial charge in [-0.15, -0.1) is 22.6 Å². The van der Waals surface area contributed by atoms with Crippen LogP contribution in [0.2, 0.25) is 0 Å². The number of nitrogens with one attached hydrogen (secondary N) is 2. The van der Waals surface area contributed by atoms with E-state index < -0.39 is 11.8 Å². The number of rotatable bonds is 3. The molecule has 0 bridgehead atoms. The number of carbonyl (C=O) groups excluding carboxylic acids is 1.